The molecule has 0 aliphatic carbocycles. The van der Waals surface area contributed by atoms with Crippen LogP contribution >= 0.6 is 0 Å². The van der Waals surface area contributed by atoms with Crippen molar-refractivity contribution in [3.63, 3.8) is 0 Å². The van der Waals surface area contributed by atoms with Gasteiger partial charge in [0.15, 0.2) is 0 Å². The molecule has 0 unspecified atom stereocenters. The van der Waals surface area contributed by atoms with Gasteiger partial charge >= 0.3 is 6.18 Å². The first-order chi connectivity index (χ1) is 8.19. The number of amides is 1. The molecule has 0 aromatic heterocycles. The Kier molecular flexibility index (Phi) is 4.38. The van der Waals surface area contributed by atoms with E-state index in [1.54, 1.807) is 0 Å². The van der Waals surface area contributed by atoms with Gasteiger partial charge in [0.1, 0.15) is 0 Å². The minimum Gasteiger partial charge on any atom is -0.326 e. The Hall–Kier alpha value is -1.52. The minimum atomic E-state index is -4.30. The molecule has 0 radical (unpaired) electrons. The molecule has 1 amide bonds. The molecule has 0 aliphatic heterocycles. The summed E-state index contributed by atoms with van der Waals surface area (Å²) in [7, 11) is 0. The van der Waals surface area contributed by atoms with Crippen molar-refractivity contribution in [3.05, 3.63) is 28.8 Å². The second kappa shape index (κ2) is 5.42. The summed E-state index contributed by atoms with van der Waals surface area (Å²) in [6.45, 7) is 5.56. The predicted octanol–water partition coefficient (Wildman–Crippen LogP) is 3.89. The number of halogens is 3. The Labute approximate surface area is 104 Å². The quantitative estimate of drug-likeness (QED) is 0.876. The summed E-state index contributed by atoms with van der Waals surface area (Å²) in [5.74, 6) is -0.609. The number of carbonyl (C=O) groups excluding carboxylic acids is 1. The van der Waals surface area contributed by atoms with Crippen LogP contribution in [0.25, 0.3) is 0 Å². The van der Waals surface area contributed by atoms with Gasteiger partial charge in [-0.25, -0.2) is 0 Å². The molecular weight excluding hydrogens is 243 g/mol. The second-order valence-corrected chi connectivity index (χ2v) is 4.44. The van der Waals surface area contributed by atoms with Crippen molar-refractivity contribution >= 4 is 11.6 Å². The van der Waals surface area contributed by atoms with Crippen molar-refractivity contribution in [3.8, 4) is 0 Å². The third-order valence-corrected chi connectivity index (χ3v) is 2.58. The Morgan fingerprint density at radius 2 is 1.67 bits per heavy atom. The van der Waals surface area contributed by atoms with Gasteiger partial charge in [-0.15, -0.1) is 0 Å². The molecule has 2 nitrogen and oxygen atoms in total. The van der Waals surface area contributed by atoms with Gasteiger partial charge in [0.05, 0.1) is 6.42 Å². The number of benzene rings is 1. The van der Waals surface area contributed by atoms with E-state index in [0.717, 1.165) is 16.7 Å². The monoisotopic (exact) mass is 259 g/mol. The fourth-order valence-electron chi connectivity index (χ4n) is 1.83. The van der Waals surface area contributed by atoms with Gasteiger partial charge in [0.2, 0.25) is 5.91 Å². The van der Waals surface area contributed by atoms with Crippen LogP contribution in [-0.2, 0) is 4.79 Å². The summed E-state index contributed by atoms with van der Waals surface area (Å²) in [4.78, 5) is 11.4. The molecule has 0 aliphatic rings. The van der Waals surface area contributed by atoms with E-state index in [2.05, 4.69) is 5.32 Å². The fourth-order valence-corrected chi connectivity index (χ4v) is 1.83. The summed E-state index contributed by atoms with van der Waals surface area (Å²) in [6, 6.07) is 3.76. The highest BCUT2D eigenvalue weighted by Gasteiger charge is 2.28. The fraction of sp³-hybridized carbons (Fsp3) is 0.462. The summed E-state index contributed by atoms with van der Waals surface area (Å²) in [6.07, 6.45) is -5.94. The third kappa shape index (κ3) is 4.39. The molecule has 0 atom stereocenters. The number of carbonyl (C=O) groups is 1. The lowest BCUT2D eigenvalue weighted by molar-refractivity contribution is -0.142. The zero-order valence-electron chi connectivity index (χ0n) is 10.6. The number of rotatable bonds is 3. The van der Waals surface area contributed by atoms with Gasteiger partial charge in [-0.3, -0.25) is 4.79 Å². The number of alkyl halides is 3. The standard InChI is InChI=1S/C13H16F3NO/c1-8-6-9(2)12(10(3)7-8)17-11(18)4-5-13(14,15)16/h6-7H,4-5H2,1-3H3,(H,17,18). The topological polar surface area (TPSA) is 29.1 Å². The van der Waals surface area contributed by atoms with E-state index in [1.165, 1.54) is 0 Å². The van der Waals surface area contributed by atoms with E-state index in [9.17, 15) is 18.0 Å². The average Bonchev–Trinajstić information content (AvgIpc) is 2.19. The van der Waals surface area contributed by atoms with E-state index >= 15 is 0 Å². The van der Waals surface area contributed by atoms with Crippen LogP contribution in [0.1, 0.15) is 29.5 Å². The number of hydrogen-bond donors (Lipinski definition) is 1. The maximum absolute atomic E-state index is 12.0. The molecular formula is C13H16F3NO. The van der Waals surface area contributed by atoms with E-state index in [-0.39, 0.29) is 0 Å². The van der Waals surface area contributed by atoms with Crippen LogP contribution in [0.4, 0.5) is 18.9 Å². The normalized spacial score (nSPS) is 11.4. The van der Waals surface area contributed by atoms with Gasteiger partial charge in [-0.05, 0) is 31.9 Å². The average molecular weight is 259 g/mol. The van der Waals surface area contributed by atoms with Gasteiger partial charge in [0.25, 0.3) is 0 Å². The molecule has 0 spiro atoms. The van der Waals surface area contributed by atoms with Crippen molar-refractivity contribution in [2.24, 2.45) is 0 Å². The minimum absolute atomic E-state index is 0.545. The number of aryl methyl sites for hydroxylation is 3. The zero-order chi connectivity index (χ0) is 13.9. The van der Waals surface area contributed by atoms with Crippen LogP contribution in [0.15, 0.2) is 12.1 Å². The molecule has 1 aromatic carbocycles. The molecule has 0 heterocycles. The molecule has 5 heteroatoms. The predicted molar refractivity (Wildman–Crippen MR) is 64.6 cm³/mol. The maximum Gasteiger partial charge on any atom is 0.389 e. The highest BCUT2D eigenvalue weighted by atomic mass is 19.4. The lowest BCUT2D eigenvalue weighted by Crippen LogP contribution is -2.17. The van der Waals surface area contributed by atoms with Crippen LogP contribution in [-0.4, -0.2) is 12.1 Å². The van der Waals surface area contributed by atoms with Crippen LogP contribution < -0.4 is 5.32 Å². The van der Waals surface area contributed by atoms with Crippen molar-refractivity contribution in [1.29, 1.82) is 0 Å². The zero-order valence-corrected chi connectivity index (χ0v) is 10.6. The molecule has 100 valence electrons. The van der Waals surface area contributed by atoms with Crippen LogP contribution in [0.5, 0.6) is 0 Å². The number of nitrogens with one attached hydrogen (secondary N) is 1. The first-order valence-electron chi connectivity index (χ1n) is 5.63. The van der Waals surface area contributed by atoms with Crippen molar-refractivity contribution in [2.75, 3.05) is 5.32 Å². The number of anilines is 1. The van der Waals surface area contributed by atoms with E-state index in [1.807, 2.05) is 32.9 Å². The van der Waals surface area contributed by atoms with Gasteiger partial charge in [0, 0.05) is 12.1 Å². The Morgan fingerprint density at radius 3 is 2.11 bits per heavy atom. The largest absolute Gasteiger partial charge is 0.389 e. The second-order valence-electron chi connectivity index (χ2n) is 4.44. The van der Waals surface area contributed by atoms with Crippen molar-refractivity contribution in [1.82, 2.24) is 0 Å². The first kappa shape index (κ1) is 14.5. The van der Waals surface area contributed by atoms with Crippen LogP contribution in [0.3, 0.4) is 0 Å². The lowest BCUT2D eigenvalue weighted by atomic mass is 10.0. The van der Waals surface area contributed by atoms with Gasteiger partial charge < -0.3 is 5.32 Å². The molecule has 1 rings (SSSR count). The van der Waals surface area contributed by atoms with Gasteiger partial charge in [-0.2, -0.15) is 13.2 Å². The Balaban J connectivity index is 2.71. The molecule has 18 heavy (non-hydrogen) atoms. The van der Waals surface area contributed by atoms with E-state index in [0.29, 0.717) is 5.69 Å². The van der Waals surface area contributed by atoms with Crippen molar-refractivity contribution in [2.45, 2.75) is 39.8 Å². The van der Waals surface area contributed by atoms with Crippen LogP contribution in [0.2, 0.25) is 0 Å². The molecule has 1 N–H and O–H groups in total. The smallest absolute Gasteiger partial charge is 0.326 e. The lowest BCUT2D eigenvalue weighted by Gasteiger charge is -2.13. The Morgan fingerprint density at radius 1 is 1.17 bits per heavy atom. The Bertz CT molecular complexity index is 429. The van der Waals surface area contributed by atoms with Gasteiger partial charge in [-0.1, -0.05) is 17.7 Å². The highest BCUT2D eigenvalue weighted by Crippen LogP contribution is 2.24. The highest BCUT2D eigenvalue weighted by molar-refractivity contribution is 5.92. The third-order valence-electron chi connectivity index (χ3n) is 2.58. The maximum atomic E-state index is 12.0. The number of hydrogen-bond acceptors (Lipinski definition) is 1. The molecule has 0 fully saturated rings. The molecule has 0 bridgehead atoms. The first-order valence-corrected chi connectivity index (χ1v) is 5.63. The molecule has 0 saturated carbocycles. The van der Waals surface area contributed by atoms with Crippen molar-refractivity contribution < 1.29 is 18.0 Å². The van der Waals surface area contributed by atoms with Crippen LogP contribution in [0, 0.1) is 20.8 Å². The molecule has 1 aromatic rings. The van der Waals surface area contributed by atoms with E-state index < -0.39 is 24.9 Å². The summed E-state index contributed by atoms with van der Waals surface area (Å²) in [5.41, 5.74) is 3.37. The van der Waals surface area contributed by atoms with E-state index in [4.69, 9.17) is 0 Å². The summed E-state index contributed by atoms with van der Waals surface area (Å²) in [5, 5.41) is 2.54. The SMILES string of the molecule is Cc1cc(C)c(NC(=O)CCC(F)(F)F)c(C)c1. The molecule has 0 saturated heterocycles. The summed E-state index contributed by atoms with van der Waals surface area (Å²) >= 11 is 0. The summed E-state index contributed by atoms with van der Waals surface area (Å²) < 4.78 is 36.0.